The van der Waals surface area contributed by atoms with Crippen LogP contribution < -0.4 is 0 Å². The number of hydrogen-bond acceptors (Lipinski definition) is 2. The van der Waals surface area contributed by atoms with E-state index in [-0.39, 0.29) is 6.10 Å². The van der Waals surface area contributed by atoms with Crippen LogP contribution >= 0.6 is 11.3 Å². The summed E-state index contributed by atoms with van der Waals surface area (Å²) in [6.07, 6.45) is 0.568. The van der Waals surface area contributed by atoms with Gasteiger partial charge in [-0.2, -0.15) is 0 Å². The van der Waals surface area contributed by atoms with Gasteiger partial charge in [0.1, 0.15) is 0 Å². The van der Waals surface area contributed by atoms with Gasteiger partial charge >= 0.3 is 0 Å². The average molecular weight is 170 g/mol. The Morgan fingerprint density at radius 1 is 1.55 bits per heavy atom. The van der Waals surface area contributed by atoms with E-state index in [4.69, 9.17) is 5.11 Å². The van der Waals surface area contributed by atoms with E-state index < -0.39 is 0 Å². The Labute approximate surface area is 71.7 Å². The van der Waals surface area contributed by atoms with Crippen LogP contribution in [0.3, 0.4) is 0 Å². The summed E-state index contributed by atoms with van der Waals surface area (Å²) in [5, 5.41) is 9.14. The smallest absolute Gasteiger partial charge is 0.0552 e. The summed E-state index contributed by atoms with van der Waals surface area (Å²) >= 11 is 1.80. The molecule has 2 heteroatoms. The molecule has 1 aromatic heterocycles. The maximum Gasteiger partial charge on any atom is 0.0552 e. The maximum atomic E-state index is 9.14. The molecule has 0 aliphatic heterocycles. The van der Waals surface area contributed by atoms with Crippen LogP contribution in [0.25, 0.3) is 0 Å². The third-order valence-electron chi connectivity index (χ3n) is 1.66. The number of aliphatic hydroxyl groups is 1. The van der Waals surface area contributed by atoms with Crippen molar-refractivity contribution in [3.8, 4) is 0 Å². The van der Waals surface area contributed by atoms with Crippen LogP contribution in [0.15, 0.2) is 6.07 Å². The second kappa shape index (κ2) is 3.37. The van der Waals surface area contributed by atoms with Gasteiger partial charge in [0, 0.05) is 9.75 Å². The average Bonchev–Trinajstić information content (AvgIpc) is 2.09. The lowest BCUT2D eigenvalue weighted by molar-refractivity contribution is 0.195. The number of aliphatic hydroxyl groups excluding tert-OH is 1. The van der Waals surface area contributed by atoms with Crippen LogP contribution in [0.2, 0.25) is 0 Å². The summed E-state index contributed by atoms with van der Waals surface area (Å²) in [5.74, 6) is 0. The molecule has 1 nitrogen and oxygen atoms in total. The third-order valence-corrected chi connectivity index (χ3v) is 2.67. The van der Waals surface area contributed by atoms with Crippen LogP contribution in [-0.2, 0) is 6.42 Å². The quantitative estimate of drug-likeness (QED) is 0.722. The standard InChI is InChI=1S/C9H14OS/c1-6(10)4-9-5-7(2)11-8(9)3/h5-6,10H,4H2,1-3H3. The molecule has 1 rings (SSSR count). The Bertz CT molecular complexity index is 238. The molecule has 0 radical (unpaired) electrons. The number of rotatable bonds is 2. The van der Waals surface area contributed by atoms with E-state index in [9.17, 15) is 0 Å². The van der Waals surface area contributed by atoms with Crippen LogP contribution in [0.4, 0.5) is 0 Å². The third kappa shape index (κ3) is 2.31. The first kappa shape index (κ1) is 8.75. The number of hydrogen-bond donors (Lipinski definition) is 1. The zero-order chi connectivity index (χ0) is 8.43. The van der Waals surface area contributed by atoms with E-state index in [0.717, 1.165) is 6.42 Å². The van der Waals surface area contributed by atoms with Gasteiger partial charge in [0.05, 0.1) is 6.10 Å². The molecule has 0 amide bonds. The molecule has 11 heavy (non-hydrogen) atoms. The largest absolute Gasteiger partial charge is 0.393 e. The Morgan fingerprint density at radius 2 is 2.18 bits per heavy atom. The van der Waals surface area contributed by atoms with Gasteiger partial charge in [-0.3, -0.25) is 0 Å². The monoisotopic (exact) mass is 170 g/mol. The Morgan fingerprint density at radius 3 is 2.55 bits per heavy atom. The molecule has 0 bridgehead atoms. The number of thiophene rings is 1. The fraction of sp³-hybridized carbons (Fsp3) is 0.556. The molecule has 1 N–H and O–H groups in total. The van der Waals surface area contributed by atoms with Crippen molar-refractivity contribution in [2.24, 2.45) is 0 Å². The highest BCUT2D eigenvalue weighted by Crippen LogP contribution is 2.21. The normalized spacial score (nSPS) is 13.5. The topological polar surface area (TPSA) is 20.2 Å². The predicted octanol–water partition coefficient (Wildman–Crippen LogP) is 2.29. The zero-order valence-electron chi connectivity index (χ0n) is 7.22. The Hall–Kier alpha value is -0.340. The highest BCUT2D eigenvalue weighted by molar-refractivity contribution is 7.12. The molecule has 1 atom stereocenters. The van der Waals surface area contributed by atoms with Crippen molar-refractivity contribution in [3.05, 3.63) is 21.4 Å². The van der Waals surface area contributed by atoms with Gasteiger partial charge in [-0.15, -0.1) is 11.3 Å². The van der Waals surface area contributed by atoms with Crippen molar-refractivity contribution in [1.29, 1.82) is 0 Å². The minimum atomic E-state index is -0.220. The van der Waals surface area contributed by atoms with E-state index in [0.29, 0.717) is 0 Å². The summed E-state index contributed by atoms with van der Waals surface area (Å²) in [4.78, 5) is 2.67. The van der Waals surface area contributed by atoms with E-state index in [2.05, 4.69) is 19.9 Å². The summed E-state index contributed by atoms with van der Waals surface area (Å²) < 4.78 is 0. The molecular weight excluding hydrogens is 156 g/mol. The summed E-state index contributed by atoms with van der Waals surface area (Å²) in [7, 11) is 0. The zero-order valence-corrected chi connectivity index (χ0v) is 8.03. The first-order valence-electron chi connectivity index (χ1n) is 3.83. The van der Waals surface area contributed by atoms with Gasteiger partial charge < -0.3 is 5.11 Å². The van der Waals surface area contributed by atoms with Crippen LogP contribution in [0.1, 0.15) is 22.2 Å². The Balaban J connectivity index is 2.77. The van der Waals surface area contributed by atoms with Gasteiger partial charge in [-0.05, 0) is 38.8 Å². The molecular formula is C9H14OS. The molecule has 62 valence electrons. The highest BCUT2D eigenvalue weighted by atomic mass is 32.1. The molecule has 0 aliphatic carbocycles. The van der Waals surface area contributed by atoms with Crippen molar-refractivity contribution in [3.63, 3.8) is 0 Å². The Kier molecular flexibility index (Phi) is 2.68. The van der Waals surface area contributed by atoms with Gasteiger partial charge in [-0.25, -0.2) is 0 Å². The first-order chi connectivity index (χ1) is 5.09. The van der Waals surface area contributed by atoms with Crippen LogP contribution in [0, 0.1) is 13.8 Å². The summed E-state index contributed by atoms with van der Waals surface area (Å²) in [6, 6.07) is 2.16. The lowest BCUT2D eigenvalue weighted by Gasteiger charge is -2.01. The maximum absolute atomic E-state index is 9.14. The minimum Gasteiger partial charge on any atom is -0.393 e. The molecule has 0 fully saturated rings. The highest BCUT2D eigenvalue weighted by Gasteiger charge is 2.04. The van der Waals surface area contributed by atoms with Gasteiger partial charge in [0.25, 0.3) is 0 Å². The van der Waals surface area contributed by atoms with Crippen molar-refractivity contribution in [2.45, 2.75) is 33.3 Å². The fourth-order valence-corrected chi connectivity index (χ4v) is 2.16. The van der Waals surface area contributed by atoms with E-state index in [1.165, 1.54) is 15.3 Å². The van der Waals surface area contributed by atoms with Crippen molar-refractivity contribution >= 4 is 11.3 Å². The second-order valence-electron chi connectivity index (χ2n) is 2.99. The van der Waals surface area contributed by atoms with Crippen LogP contribution in [0.5, 0.6) is 0 Å². The van der Waals surface area contributed by atoms with E-state index in [1.54, 1.807) is 11.3 Å². The van der Waals surface area contributed by atoms with E-state index >= 15 is 0 Å². The van der Waals surface area contributed by atoms with Crippen molar-refractivity contribution < 1.29 is 5.11 Å². The molecule has 0 saturated heterocycles. The summed E-state index contributed by atoms with van der Waals surface area (Å²) in [6.45, 7) is 6.03. The lowest BCUT2D eigenvalue weighted by Crippen LogP contribution is -2.03. The van der Waals surface area contributed by atoms with E-state index in [1.807, 2.05) is 6.92 Å². The molecule has 0 spiro atoms. The molecule has 0 aromatic carbocycles. The molecule has 1 heterocycles. The van der Waals surface area contributed by atoms with Crippen molar-refractivity contribution in [2.75, 3.05) is 0 Å². The SMILES string of the molecule is Cc1cc(CC(C)O)c(C)s1. The first-order valence-corrected chi connectivity index (χ1v) is 4.65. The number of aryl methyl sites for hydroxylation is 2. The van der Waals surface area contributed by atoms with Gasteiger partial charge in [0.2, 0.25) is 0 Å². The molecule has 1 unspecified atom stereocenters. The lowest BCUT2D eigenvalue weighted by atomic mass is 10.1. The molecule has 1 aromatic rings. The van der Waals surface area contributed by atoms with Crippen LogP contribution in [-0.4, -0.2) is 11.2 Å². The fourth-order valence-electron chi connectivity index (χ4n) is 1.20. The summed E-state index contributed by atoms with van der Waals surface area (Å²) in [5.41, 5.74) is 1.29. The predicted molar refractivity (Wildman–Crippen MR) is 49.2 cm³/mol. The second-order valence-corrected chi connectivity index (χ2v) is 4.45. The molecule has 0 aliphatic rings. The molecule has 0 saturated carbocycles. The van der Waals surface area contributed by atoms with Gasteiger partial charge in [-0.1, -0.05) is 0 Å². The van der Waals surface area contributed by atoms with Crippen molar-refractivity contribution in [1.82, 2.24) is 0 Å². The van der Waals surface area contributed by atoms with Gasteiger partial charge in [0.15, 0.2) is 0 Å². The minimum absolute atomic E-state index is 0.220.